The van der Waals surface area contributed by atoms with Crippen molar-refractivity contribution in [2.75, 3.05) is 25.1 Å². The summed E-state index contributed by atoms with van der Waals surface area (Å²) in [7, 11) is 0. The van der Waals surface area contributed by atoms with E-state index in [1.54, 1.807) is 11.8 Å². The van der Waals surface area contributed by atoms with E-state index in [1.165, 1.54) is 10.5 Å². The van der Waals surface area contributed by atoms with Crippen molar-refractivity contribution in [1.29, 1.82) is 0 Å². The first-order chi connectivity index (χ1) is 8.81. The largest absolute Gasteiger partial charge is 0.379 e. The Kier molecular flexibility index (Phi) is 5.53. The first-order valence-corrected chi connectivity index (χ1v) is 7.97. The Hall–Kier alpha value is -0.520. The molecule has 2 rings (SSSR count). The lowest BCUT2D eigenvalue weighted by molar-refractivity contribution is -0.120. The van der Waals surface area contributed by atoms with Crippen LogP contribution in [0, 0.1) is 0 Å². The highest BCUT2D eigenvalue weighted by Crippen LogP contribution is 2.36. The van der Waals surface area contributed by atoms with E-state index in [9.17, 15) is 4.79 Å². The van der Waals surface area contributed by atoms with Crippen molar-refractivity contribution in [2.24, 2.45) is 0 Å². The second-order valence-electron chi connectivity index (χ2n) is 4.01. The highest BCUT2D eigenvalue weighted by atomic mass is 79.9. The zero-order valence-corrected chi connectivity index (χ0v) is 12.4. The van der Waals surface area contributed by atoms with Gasteiger partial charge >= 0.3 is 0 Å². The number of halogens is 1. The minimum atomic E-state index is 0.0126. The fraction of sp³-hybridized carbons (Fsp3) is 0.462. The third kappa shape index (κ3) is 3.73. The zero-order valence-electron chi connectivity index (χ0n) is 10.0. The first kappa shape index (κ1) is 13.9. The maximum absolute atomic E-state index is 11.9. The summed E-state index contributed by atoms with van der Waals surface area (Å²) in [6.45, 7) is 1.83. The molecule has 1 aliphatic rings. The number of carbonyl (C=O) groups excluding carboxylic acids is 1. The van der Waals surface area contributed by atoms with Gasteiger partial charge < -0.3 is 10.1 Å². The first-order valence-electron chi connectivity index (χ1n) is 5.97. The van der Waals surface area contributed by atoms with E-state index in [2.05, 4.69) is 33.4 Å². The molecule has 1 unspecified atom stereocenters. The second kappa shape index (κ2) is 7.16. The average Bonchev–Trinajstić information content (AvgIpc) is 2.82. The number of thioether (sulfide) groups is 1. The van der Waals surface area contributed by atoms with Crippen molar-refractivity contribution in [2.45, 2.75) is 16.6 Å². The standard InChI is InChI=1S/C13H16BrNO2S/c14-5-7-17-8-6-15-13(16)12-9-10-3-1-2-4-11(10)18-12/h1-4,12H,5-9H2,(H,15,16). The summed E-state index contributed by atoms with van der Waals surface area (Å²) in [5.74, 6) is 0.110. The van der Waals surface area contributed by atoms with E-state index in [1.807, 2.05) is 12.1 Å². The number of alkyl halides is 1. The van der Waals surface area contributed by atoms with Gasteiger partial charge in [-0.05, 0) is 18.1 Å². The van der Waals surface area contributed by atoms with Gasteiger partial charge in [0.05, 0.1) is 18.5 Å². The molecule has 0 fully saturated rings. The number of carbonyl (C=O) groups is 1. The highest BCUT2D eigenvalue weighted by Gasteiger charge is 2.27. The lowest BCUT2D eigenvalue weighted by Gasteiger charge is -2.09. The molecule has 1 aliphatic heterocycles. The molecule has 0 spiro atoms. The molecule has 18 heavy (non-hydrogen) atoms. The summed E-state index contributed by atoms with van der Waals surface area (Å²) in [6, 6.07) is 8.20. The molecule has 1 amide bonds. The fourth-order valence-corrected chi connectivity index (χ4v) is 3.29. The van der Waals surface area contributed by atoms with E-state index < -0.39 is 0 Å². The van der Waals surface area contributed by atoms with Crippen LogP contribution in [0.3, 0.4) is 0 Å². The molecule has 0 saturated carbocycles. The van der Waals surface area contributed by atoms with Crippen molar-refractivity contribution >= 4 is 33.6 Å². The van der Waals surface area contributed by atoms with E-state index in [4.69, 9.17) is 4.74 Å². The van der Waals surface area contributed by atoms with Crippen LogP contribution in [0.15, 0.2) is 29.2 Å². The van der Waals surface area contributed by atoms with E-state index in [0.29, 0.717) is 19.8 Å². The number of ether oxygens (including phenoxy) is 1. The number of hydrogen-bond acceptors (Lipinski definition) is 3. The topological polar surface area (TPSA) is 38.3 Å². The van der Waals surface area contributed by atoms with Crippen LogP contribution in [0.5, 0.6) is 0 Å². The Balaban J connectivity index is 1.72. The third-order valence-corrected chi connectivity index (χ3v) is 4.35. The summed E-state index contributed by atoms with van der Waals surface area (Å²) in [4.78, 5) is 13.2. The smallest absolute Gasteiger partial charge is 0.233 e. The van der Waals surface area contributed by atoms with Gasteiger partial charge in [-0.25, -0.2) is 0 Å². The molecule has 0 radical (unpaired) electrons. The van der Waals surface area contributed by atoms with Gasteiger partial charge in [0.25, 0.3) is 0 Å². The van der Waals surface area contributed by atoms with Gasteiger partial charge in [0.2, 0.25) is 5.91 Å². The van der Waals surface area contributed by atoms with Crippen LogP contribution in [0.25, 0.3) is 0 Å². The Morgan fingerprint density at radius 3 is 3.06 bits per heavy atom. The fourth-order valence-electron chi connectivity index (χ4n) is 1.85. The molecule has 0 aromatic heterocycles. The minimum Gasteiger partial charge on any atom is -0.379 e. The van der Waals surface area contributed by atoms with Crippen LogP contribution in [-0.2, 0) is 16.0 Å². The molecular weight excluding hydrogens is 314 g/mol. The van der Waals surface area contributed by atoms with Gasteiger partial charge in [-0.3, -0.25) is 4.79 Å². The van der Waals surface area contributed by atoms with Crippen molar-refractivity contribution in [1.82, 2.24) is 5.32 Å². The lowest BCUT2D eigenvalue weighted by atomic mass is 10.1. The van der Waals surface area contributed by atoms with E-state index in [0.717, 1.165) is 11.8 Å². The van der Waals surface area contributed by atoms with Crippen LogP contribution < -0.4 is 5.32 Å². The molecule has 0 bridgehead atoms. The predicted molar refractivity (Wildman–Crippen MR) is 77.4 cm³/mol. The molecule has 1 atom stereocenters. The lowest BCUT2D eigenvalue weighted by Crippen LogP contribution is -2.34. The molecule has 1 aromatic carbocycles. The Morgan fingerprint density at radius 1 is 1.44 bits per heavy atom. The van der Waals surface area contributed by atoms with Crippen molar-refractivity contribution < 1.29 is 9.53 Å². The molecule has 1 aromatic rings. The van der Waals surface area contributed by atoms with Gasteiger partial charge in [0.1, 0.15) is 0 Å². The van der Waals surface area contributed by atoms with Gasteiger partial charge in [0.15, 0.2) is 0 Å². The van der Waals surface area contributed by atoms with Crippen molar-refractivity contribution in [3.05, 3.63) is 29.8 Å². The van der Waals surface area contributed by atoms with E-state index in [-0.39, 0.29) is 11.2 Å². The third-order valence-electron chi connectivity index (χ3n) is 2.71. The molecule has 0 aliphatic carbocycles. The quantitative estimate of drug-likeness (QED) is 0.642. The second-order valence-corrected chi connectivity index (χ2v) is 6.05. The van der Waals surface area contributed by atoms with Gasteiger partial charge in [-0.15, -0.1) is 11.8 Å². The maximum atomic E-state index is 11.9. The summed E-state index contributed by atoms with van der Waals surface area (Å²) >= 11 is 4.94. The monoisotopic (exact) mass is 329 g/mol. The number of amides is 1. The van der Waals surface area contributed by atoms with Crippen molar-refractivity contribution in [3.63, 3.8) is 0 Å². The molecule has 98 valence electrons. The van der Waals surface area contributed by atoms with Gasteiger partial charge in [-0.2, -0.15) is 0 Å². The molecule has 1 N–H and O–H groups in total. The number of fused-ring (bicyclic) bond motifs is 1. The van der Waals surface area contributed by atoms with Crippen LogP contribution in [0.1, 0.15) is 5.56 Å². The number of rotatable bonds is 6. The molecule has 1 heterocycles. The van der Waals surface area contributed by atoms with Crippen LogP contribution >= 0.6 is 27.7 Å². The maximum Gasteiger partial charge on any atom is 0.233 e. The molecular formula is C13H16BrNO2S. The van der Waals surface area contributed by atoms with Crippen LogP contribution in [0.4, 0.5) is 0 Å². The molecule has 3 nitrogen and oxygen atoms in total. The summed E-state index contributed by atoms with van der Waals surface area (Å²) in [6.07, 6.45) is 0.828. The Morgan fingerprint density at radius 2 is 2.28 bits per heavy atom. The highest BCUT2D eigenvalue weighted by molar-refractivity contribution is 9.09. The van der Waals surface area contributed by atoms with Gasteiger partial charge in [-0.1, -0.05) is 34.1 Å². The van der Waals surface area contributed by atoms with Crippen molar-refractivity contribution in [3.8, 4) is 0 Å². The van der Waals surface area contributed by atoms with Gasteiger partial charge in [0, 0.05) is 16.8 Å². The zero-order chi connectivity index (χ0) is 12.8. The predicted octanol–water partition coefficient (Wildman–Crippen LogP) is 2.23. The average molecular weight is 330 g/mol. The Labute approximate surface area is 120 Å². The number of benzene rings is 1. The summed E-state index contributed by atoms with van der Waals surface area (Å²) in [5.41, 5.74) is 1.28. The number of hydrogen-bond donors (Lipinski definition) is 1. The van der Waals surface area contributed by atoms with Crippen LogP contribution in [0.2, 0.25) is 0 Å². The molecule has 5 heteroatoms. The molecule has 0 saturated heterocycles. The summed E-state index contributed by atoms with van der Waals surface area (Å²) < 4.78 is 5.29. The minimum absolute atomic E-state index is 0.0126. The van der Waals surface area contributed by atoms with Crippen LogP contribution in [-0.4, -0.2) is 36.2 Å². The van der Waals surface area contributed by atoms with E-state index >= 15 is 0 Å². The summed E-state index contributed by atoms with van der Waals surface area (Å²) in [5, 5.41) is 3.76. The Bertz CT molecular complexity index is 389. The number of nitrogens with one attached hydrogen (secondary N) is 1. The normalized spacial score (nSPS) is 17.5. The SMILES string of the molecule is O=C(NCCOCCBr)C1Cc2ccccc2S1.